The highest BCUT2D eigenvalue weighted by molar-refractivity contribution is 6.22. The van der Waals surface area contributed by atoms with E-state index in [-0.39, 0.29) is 5.41 Å². The predicted octanol–water partition coefficient (Wildman–Crippen LogP) is 18.1. The van der Waals surface area contributed by atoms with E-state index < -0.39 is 0 Å². The van der Waals surface area contributed by atoms with Gasteiger partial charge in [0, 0.05) is 22.5 Å². The van der Waals surface area contributed by atoms with Crippen molar-refractivity contribution in [3.63, 3.8) is 0 Å². The third-order valence-corrected chi connectivity index (χ3v) is 14.5. The van der Waals surface area contributed by atoms with Crippen molar-refractivity contribution >= 4 is 60.2 Å². The van der Waals surface area contributed by atoms with Gasteiger partial charge in [-0.05, 0) is 154 Å². The molecule has 0 aromatic heterocycles. The monoisotopic (exact) mass is 851 g/mol. The van der Waals surface area contributed by atoms with Crippen molar-refractivity contribution in [3.05, 3.63) is 271 Å². The number of hydrogen-bond acceptors (Lipinski definition) is 1. The topological polar surface area (TPSA) is 3.24 Å². The summed E-state index contributed by atoms with van der Waals surface area (Å²) in [5.74, 6) is 0. The molecule has 1 aliphatic rings. The van der Waals surface area contributed by atoms with Crippen LogP contribution in [0.25, 0.3) is 87.6 Å². The van der Waals surface area contributed by atoms with Gasteiger partial charge in [0.25, 0.3) is 0 Å². The minimum absolute atomic E-state index is 0.344. The second-order valence-corrected chi connectivity index (χ2v) is 18.1. The largest absolute Gasteiger partial charge is 0.310 e. The van der Waals surface area contributed by atoms with E-state index in [1.165, 1.54) is 104 Å². The molecule has 0 spiro atoms. The Labute approximate surface area is 391 Å². The summed E-state index contributed by atoms with van der Waals surface area (Å²) in [6.07, 6.45) is 0. The van der Waals surface area contributed by atoms with Crippen LogP contribution in [-0.4, -0.2) is 0 Å². The SMILES string of the molecule is CC1(c2ccccc2)c2ccccc2-c2ccc(N(c3ccc(-c4cc5ccccc5c5ccccc45)cc3)c3ccc4c(c3)c(-c3ccccc3)c(-c3ccccc3)c3ccccc34)cc21. The lowest BCUT2D eigenvalue weighted by Crippen LogP contribution is -2.22. The molecule has 67 heavy (non-hydrogen) atoms. The van der Waals surface area contributed by atoms with E-state index in [0.717, 1.165) is 17.1 Å². The van der Waals surface area contributed by atoms with Crippen molar-refractivity contribution in [3.8, 4) is 44.5 Å². The van der Waals surface area contributed by atoms with Gasteiger partial charge in [-0.3, -0.25) is 0 Å². The predicted molar refractivity (Wildman–Crippen MR) is 285 cm³/mol. The normalized spacial score (nSPS) is 14.1. The molecule has 1 nitrogen and oxygen atoms in total. The first-order valence-electron chi connectivity index (χ1n) is 23.3. The molecule has 12 aromatic rings. The molecule has 0 aliphatic heterocycles. The summed E-state index contributed by atoms with van der Waals surface area (Å²) in [7, 11) is 0. The maximum absolute atomic E-state index is 2.47. The number of benzene rings is 12. The molecule has 1 heteroatoms. The molecule has 0 fully saturated rings. The minimum Gasteiger partial charge on any atom is -0.310 e. The van der Waals surface area contributed by atoms with Crippen molar-refractivity contribution in [1.29, 1.82) is 0 Å². The van der Waals surface area contributed by atoms with Crippen LogP contribution in [0.2, 0.25) is 0 Å². The van der Waals surface area contributed by atoms with Gasteiger partial charge in [0.15, 0.2) is 0 Å². The molecule has 13 rings (SSSR count). The van der Waals surface area contributed by atoms with Crippen LogP contribution >= 0.6 is 0 Å². The quantitative estimate of drug-likeness (QED) is 0.144. The van der Waals surface area contributed by atoms with E-state index in [1.807, 2.05) is 0 Å². The third-order valence-electron chi connectivity index (χ3n) is 14.5. The van der Waals surface area contributed by atoms with Crippen LogP contribution in [0.1, 0.15) is 23.6 Å². The minimum atomic E-state index is -0.344. The van der Waals surface area contributed by atoms with Crippen molar-refractivity contribution < 1.29 is 0 Å². The molecular weight excluding hydrogens is 807 g/mol. The maximum atomic E-state index is 2.47. The molecule has 0 amide bonds. The van der Waals surface area contributed by atoms with Crippen LogP contribution in [0.15, 0.2) is 255 Å². The fraction of sp³-hybridized carbons (Fsp3) is 0.0303. The van der Waals surface area contributed by atoms with E-state index in [0.29, 0.717) is 0 Å². The highest BCUT2D eigenvalue weighted by Gasteiger charge is 2.41. The van der Waals surface area contributed by atoms with Gasteiger partial charge in [0.05, 0.1) is 0 Å². The molecule has 0 saturated heterocycles. The Bertz CT molecular complexity index is 3850. The van der Waals surface area contributed by atoms with E-state index in [4.69, 9.17) is 0 Å². The molecule has 0 saturated carbocycles. The van der Waals surface area contributed by atoms with Crippen molar-refractivity contribution in [2.45, 2.75) is 12.3 Å². The highest BCUT2D eigenvalue weighted by Crippen LogP contribution is 2.54. The Morgan fingerprint density at radius 1 is 0.284 bits per heavy atom. The van der Waals surface area contributed by atoms with Gasteiger partial charge in [-0.15, -0.1) is 0 Å². The smallest absolute Gasteiger partial charge is 0.0468 e. The number of nitrogens with zero attached hydrogens (tertiary/aromatic N) is 1. The fourth-order valence-electron chi connectivity index (χ4n) is 11.4. The molecule has 1 atom stereocenters. The summed E-state index contributed by atoms with van der Waals surface area (Å²) < 4.78 is 0. The Morgan fingerprint density at radius 2 is 0.776 bits per heavy atom. The zero-order chi connectivity index (χ0) is 44.5. The summed E-state index contributed by atoms with van der Waals surface area (Å²) in [6, 6.07) is 94.2. The summed E-state index contributed by atoms with van der Waals surface area (Å²) in [5, 5.41) is 10.00. The van der Waals surface area contributed by atoms with E-state index in [1.54, 1.807) is 0 Å². The van der Waals surface area contributed by atoms with Gasteiger partial charge in [-0.2, -0.15) is 0 Å². The van der Waals surface area contributed by atoms with Gasteiger partial charge in [0.1, 0.15) is 0 Å². The lowest BCUT2D eigenvalue weighted by atomic mass is 9.74. The molecule has 0 bridgehead atoms. The van der Waals surface area contributed by atoms with Gasteiger partial charge < -0.3 is 4.90 Å². The number of rotatable bonds is 7. The van der Waals surface area contributed by atoms with Gasteiger partial charge in [-0.1, -0.05) is 212 Å². The summed E-state index contributed by atoms with van der Waals surface area (Å²) in [4.78, 5) is 2.47. The molecule has 0 heterocycles. The number of fused-ring (bicyclic) bond motifs is 9. The van der Waals surface area contributed by atoms with Crippen LogP contribution in [0, 0.1) is 0 Å². The molecule has 12 aromatic carbocycles. The first-order chi connectivity index (χ1) is 33.1. The van der Waals surface area contributed by atoms with Gasteiger partial charge in [-0.25, -0.2) is 0 Å². The average molecular weight is 852 g/mol. The Morgan fingerprint density at radius 3 is 1.49 bits per heavy atom. The van der Waals surface area contributed by atoms with Crippen LogP contribution in [-0.2, 0) is 5.41 Å². The van der Waals surface area contributed by atoms with Crippen molar-refractivity contribution in [1.82, 2.24) is 0 Å². The fourth-order valence-corrected chi connectivity index (χ4v) is 11.4. The second kappa shape index (κ2) is 15.6. The van der Waals surface area contributed by atoms with E-state index in [9.17, 15) is 0 Å². The Kier molecular flexibility index (Phi) is 9.05. The van der Waals surface area contributed by atoms with Gasteiger partial charge in [0.2, 0.25) is 0 Å². The van der Waals surface area contributed by atoms with Crippen LogP contribution in [0.5, 0.6) is 0 Å². The summed E-state index contributed by atoms with van der Waals surface area (Å²) >= 11 is 0. The lowest BCUT2D eigenvalue weighted by Gasteiger charge is -2.31. The van der Waals surface area contributed by atoms with Crippen molar-refractivity contribution in [2.75, 3.05) is 4.90 Å². The standard InChI is InChI=1S/C66H45N/c1-66(48-24-9-4-10-25-48)62-32-18-17-30-57(62)58-40-38-51(43-63(58)66)67(49-35-33-44(34-36-49)60-41-47-23-11-12-26-52(47)53-27-13-14-29-55(53)60)50-37-39-56-54-28-15-16-31-59(54)64(45-19-5-2-6-20-45)65(61(56)42-50)46-21-7-3-8-22-46/h2-43H,1H3. The van der Waals surface area contributed by atoms with Crippen LogP contribution in [0.4, 0.5) is 17.1 Å². The Hall–Kier alpha value is -8.52. The lowest BCUT2D eigenvalue weighted by molar-refractivity contribution is 0.714. The first-order valence-corrected chi connectivity index (χ1v) is 23.3. The summed E-state index contributed by atoms with van der Waals surface area (Å²) in [5.41, 5.74) is 16.8. The molecule has 1 aliphatic carbocycles. The van der Waals surface area contributed by atoms with Gasteiger partial charge >= 0.3 is 0 Å². The number of anilines is 3. The zero-order valence-electron chi connectivity index (χ0n) is 37.2. The maximum Gasteiger partial charge on any atom is 0.0468 e. The van der Waals surface area contributed by atoms with E-state index in [2.05, 4.69) is 267 Å². The first kappa shape index (κ1) is 38.9. The zero-order valence-corrected chi connectivity index (χ0v) is 37.2. The van der Waals surface area contributed by atoms with Crippen molar-refractivity contribution in [2.24, 2.45) is 0 Å². The Balaban J connectivity index is 1.07. The van der Waals surface area contributed by atoms with Crippen LogP contribution < -0.4 is 4.90 Å². The molecule has 314 valence electrons. The molecular formula is C66H45N. The van der Waals surface area contributed by atoms with E-state index >= 15 is 0 Å². The molecule has 0 radical (unpaired) electrons. The summed E-state index contributed by atoms with van der Waals surface area (Å²) in [6.45, 7) is 2.40. The molecule has 1 unspecified atom stereocenters. The molecule has 0 N–H and O–H groups in total. The third kappa shape index (κ3) is 6.16. The van der Waals surface area contributed by atoms with Crippen LogP contribution in [0.3, 0.4) is 0 Å². The second-order valence-electron chi connectivity index (χ2n) is 18.1. The number of hydrogen-bond donors (Lipinski definition) is 0. The highest BCUT2D eigenvalue weighted by atomic mass is 15.1. The average Bonchev–Trinajstić information content (AvgIpc) is 3.66.